The summed E-state index contributed by atoms with van der Waals surface area (Å²) < 4.78 is 5.76. The molecular formula is C12H24N2O. The maximum Gasteiger partial charge on any atom is 0.0828 e. The molecule has 0 aromatic carbocycles. The number of nitrogens with two attached hydrogens (primary N) is 1. The summed E-state index contributed by atoms with van der Waals surface area (Å²) in [4.78, 5) is 2.56. The van der Waals surface area contributed by atoms with Gasteiger partial charge in [-0.05, 0) is 25.7 Å². The molecule has 0 aromatic rings. The van der Waals surface area contributed by atoms with Crippen molar-refractivity contribution in [2.75, 3.05) is 26.2 Å². The van der Waals surface area contributed by atoms with Gasteiger partial charge in [0.15, 0.2) is 0 Å². The van der Waals surface area contributed by atoms with Crippen LogP contribution in [0.1, 0.15) is 32.6 Å². The Bertz CT molecular complexity index is 192. The van der Waals surface area contributed by atoms with Crippen molar-refractivity contribution in [3.05, 3.63) is 0 Å². The molecule has 2 aliphatic rings. The summed E-state index contributed by atoms with van der Waals surface area (Å²) in [5.41, 5.74) is 5.68. The van der Waals surface area contributed by atoms with Crippen molar-refractivity contribution in [3.63, 3.8) is 0 Å². The first-order valence-electron chi connectivity index (χ1n) is 6.36. The first kappa shape index (κ1) is 11.4. The molecule has 1 aliphatic carbocycles. The van der Waals surface area contributed by atoms with Crippen LogP contribution in [0.15, 0.2) is 0 Å². The van der Waals surface area contributed by atoms with Gasteiger partial charge in [-0.15, -0.1) is 0 Å². The van der Waals surface area contributed by atoms with E-state index in [0.29, 0.717) is 12.6 Å². The quantitative estimate of drug-likeness (QED) is 0.764. The highest BCUT2D eigenvalue weighted by atomic mass is 16.5. The van der Waals surface area contributed by atoms with Crippen LogP contribution >= 0.6 is 0 Å². The van der Waals surface area contributed by atoms with Crippen molar-refractivity contribution in [2.24, 2.45) is 11.7 Å². The Morgan fingerprint density at radius 2 is 2.00 bits per heavy atom. The van der Waals surface area contributed by atoms with Gasteiger partial charge in [0.2, 0.25) is 0 Å². The van der Waals surface area contributed by atoms with Crippen LogP contribution in [-0.2, 0) is 4.74 Å². The fourth-order valence-corrected chi connectivity index (χ4v) is 2.98. The lowest BCUT2D eigenvalue weighted by Gasteiger charge is -2.37. The Hall–Kier alpha value is -0.120. The van der Waals surface area contributed by atoms with Gasteiger partial charge in [0, 0.05) is 26.2 Å². The van der Waals surface area contributed by atoms with E-state index < -0.39 is 0 Å². The summed E-state index contributed by atoms with van der Waals surface area (Å²) in [6.07, 6.45) is 6.34. The monoisotopic (exact) mass is 212 g/mol. The molecule has 3 nitrogen and oxygen atoms in total. The van der Waals surface area contributed by atoms with Gasteiger partial charge in [0.1, 0.15) is 0 Å². The van der Waals surface area contributed by atoms with Crippen molar-refractivity contribution in [3.8, 4) is 0 Å². The highest BCUT2D eigenvalue weighted by molar-refractivity contribution is 4.79. The third kappa shape index (κ3) is 3.16. The van der Waals surface area contributed by atoms with Gasteiger partial charge in [0.25, 0.3) is 0 Å². The predicted octanol–water partition coefficient (Wildman–Crippen LogP) is 1.22. The summed E-state index contributed by atoms with van der Waals surface area (Å²) in [6, 6.07) is 0. The van der Waals surface area contributed by atoms with Gasteiger partial charge in [-0.3, -0.25) is 4.90 Å². The second-order valence-electron chi connectivity index (χ2n) is 5.17. The number of rotatable bonds is 3. The highest BCUT2D eigenvalue weighted by Crippen LogP contribution is 2.26. The van der Waals surface area contributed by atoms with Crippen LogP contribution in [0.4, 0.5) is 0 Å². The fourth-order valence-electron chi connectivity index (χ4n) is 2.98. The Morgan fingerprint density at radius 3 is 2.67 bits per heavy atom. The van der Waals surface area contributed by atoms with Gasteiger partial charge >= 0.3 is 0 Å². The van der Waals surface area contributed by atoms with Crippen molar-refractivity contribution in [1.29, 1.82) is 0 Å². The first-order valence-corrected chi connectivity index (χ1v) is 6.36. The molecule has 1 aliphatic heterocycles. The average molecular weight is 212 g/mol. The Balaban J connectivity index is 1.80. The molecule has 0 amide bonds. The van der Waals surface area contributed by atoms with Crippen LogP contribution in [0.5, 0.6) is 0 Å². The largest absolute Gasteiger partial charge is 0.371 e. The van der Waals surface area contributed by atoms with Crippen LogP contribution in [0.25, 0.3) is 0 Å². The molecule has 0 radical (unpaired) electrons. The topological polar surface area (TPSA) is 38.5 Å². The first-order chi connectivity index (χ1) is 7.28. The zero-order valence-electron chi connectivity index (χ0n) is 9.82. The molecule has 2 fully saturated rings. The fraction of sp³-hybridized carbons (Fsp3) is 1.00. The third-order valence-electron chi connectivity index (χ3n) is 3.66. The van der Waals surface area contributed by atoms with E-state index in [9.17, 15) is 0 Å². The van der Waals surface area contributed by atoms with Gasteiger partial charge in [-0.2, -0.15) is 0 Å². The summed E-state index contributed by atoms with van der Waals surface area (Å²) in [5, 5.41) is 0. The maximum atomic E-state index is 5.76. The lowest BCUT2D eigenvalue weighted by atomic mass is 10.1. The van der Waals surface area contributed by atoms with Crippen molar-refractivity contribution in [2.45, 2.75) is 44.8 Å². The standard InChI is InChI=1S/C12H24N2O/c1-10-7-14(9-12(6-13)15-10)8-11-4-2-3-5-11/h10-12H,2-9,13H2,1H3. The van der Waals surface area contributed by atoms with E-state index in [1.165, 1.54) is 32.2 Å². The predicted molar refractivity (Wildman–Crippen MR) is 61.8 cm³/mol. The van der Waals surface area contributed by atoms with Gasteiger partial charge in [0.05, 0.1) is 12.2 Å². The number of nitrogens with zero attached hydrogens (tertiary/aromatic N) is 1. The van der Waals surface area contributed by atoms with E-state index in [1.54, 1.807) is 0 Å². The Labute approximate surface area is 93.0 Å². The van der Waals surface area contributed by atoms with Crippen LogP contribution in [0.3, 0.4) is 0 Å². The van der Waals surface area contributed by atoms with Gasteiger partial charge in [-0.25, -0.2) is 0 Å². The van der Waals surface area contributed by atoms with Crippen LogP contribution in [0, 0.1) is 5.92 Å². The molecule has 1 heterocycles. The molecule has 1 saturated carbocycles. The van der Waals surface area contributed by atoms with E-state index in [1.807, 2.05) is 0 Å². The molecule has 0 bridgehead atoms. The Morgan fingerprint density at radius 1 is 1.27 bits per heavy atom. The van der Waals surface area contributed by atoms with Crippen LogP contribution < -0.4 is 5.73 Å². The molecule has 88 valence electrons. The molecule has 2 unspecified atom stereocenters. The zero-order valence-corrected chi connectivity index (χ0v) is 9.82. The molecule has 0 aromatic heterocycles. The molecule has 15 heavy (non-hydrogen) atoms. The van der Waals surface area contributed by atoms with Crippen LogP contribution in [0.2, 0.25) is 0 Å². The molecular weight excluding hydrogens is 188 g/mol. The third-order valence-corrected chi connectivity index (χ3v) is 3.66. The highest BCUT2D eigenvalue weighted by Gasteiger charge is 2.26. The summed E-state index contributed by atoms with van der Waals surface area (Å²) >= 11 is 0. The normalized spacial score (nSPS) is 34.8. The van der Waals surface area contributed by atoms with Crippen molar-refractivity contribution < 1.29 is 4.74 Å². The minimum atomic E-state index is 0.259. The molecule has 0 spiro atoms. The minimum Gasteiger partial charge on any atom is -0.371 e. The van der Waals surface area contributed by atoms with Crippen molar-refractivity contribution in [1.82, 2.24) is 4.90 Å². The lowest BCUT2D eigenvalue weighted by molar-refractivity contribution is -0.0751. The number of hydrogen-bond acceptors (Lipinski definition) is 3. The van der Waals surface area contributed by atoms with E-state index in [-0.39, 0.29) is 6.10 Å². The van der Waals surface area contributed by atoms with Gasteiger partial charge in [-0.1, -0.05) is 12.8 Å². The van der Waals surface area contributed by atoms with E-state index in [2.05, 4.69) is 11.8 Å². The zero-order chi connectivity index (χ0) is 10.7. The number of morpholine rings is 1. The second-order valence-corrected chi connectivity index (χ2v) is 5.17. The van der Waals surface area contributed by atoms with Gasteiger partial charge < -0.3 is 10.5 Å². The molecule has 2 atom stereocenters. The lowest BCUT2D eigenvalue weighted by Crippen LogP contribution is -2.50. The minimum absolute atomic E-state index is 0.259. The molecule has 2 N–H and O–H groups in total. The maximum absolute atomic E-state index is 5.76. The second kappa shape index (κ2) is 5.28. The molecule has 1 saturated heterocycles. The number of hydrogen-bond donors (Lipinski definition) is 1. The number of ether oxygens (including phenoxy) is 1. The van der Waals surface area contributed by atoms with E-state index >= 15 is 0 Å². The summed E-state index contributed by atoms with van der Waals surface area (Å²) in [6.45, 7) is 6.21. The van der Waals surface area contributed by atoms with E-state index in [0.717, 1.165) is 19.0 Å². The van der Waals surface area contributed by atoms with Crippen LogP contribution in [-0.4, -0.2) is 43.3 Å². The summed E-state index contributed by atoms with van der Waals surface area (Å²) in [7, 11) is 0. The SMILES string of the molecule is CC1CN(CC2CCCC2)CC(CN)O1. The summed E-state index contributed by atoms with van der Waals surface area (Å²) in [5.74, 6) is 0.939. The van der Waals surface area contributed by atoms with E-state index in [4.69, 9.17) is 10.5 Å². The average Bonchev–Trinajstić information content (AvgIpc) is 2.69. The molecule has 3 heteroatoms. The Kier molecular flexibility index (Phi) is 4.00. The van der Waals surface area contributed by atoms with Crippen molar-refractivity contribution >= 4 is 0 Å². The smallest absolute Gasteiger partial charge is 0.0828 e. The molecule has 2 rings (SSSR count).